The zero-order valence-corrected chi connectivity index (χ0v) is 14.2. The number of halogens is 1. The van der Waals surface area contributed by atoms with Crippen molar-refractivity contribution in [2.24, 2.45) is 12.8 Å². The average Bonchev–Trinajstić information content (AvgIpc) is 2.86. The van der Waals surface area contributed by atoms with Crippen LogP contribution in [-0.2, 0) is 26.3 Å². The van der Waals surface area contributed by atoms with Gasteiger partial charge in [0, 0.05) is 29.3 Å². The largest absolute Gasteiger partial charge is 0.323 e. The molecule has 2 N–H and O–H groups in total. The van der Waals surface area contributed by atoms with Crippen molar-refractivity contribution >= 4 is 22.9 Å². The van der Waals surface area contributed by atoms with E-state index in [9.17, 15) is 0 Å². The fourth-order valence-corrected chi connectivity index (χ4v) is 4.58. The van der Waals surface area contributed by atoms with Crippen LogP contribution in [0.3, 0.4) is 0 Å². The fourth-order valence-electron chi connectivity index (χ4n) is 3.08. The van der Waals surface area contributed by atoms with Gasteiger partial charge < -0.3 is 5.73 Å². The Bertz CT molecular complexity index is 621. The zero-order chi connectivity index (χ0) is 15.0. The standard InChI is InChI=1S/C16H22ClN3S/c1-10-16(17)13(20(2)19-10)9-12(18)15-8-11-6-4-3-5-7-14(11)21-15/h8,12H,3-7,9,18H2,1-2H3. The van der Waals surface area contributed by atoms with Gasteiger partial charge in [-0.1, -0.05) is 18.0 Å². The van der Waals surface area contributed by atoms with E-state index in [0.29, 0.717) is 0 Å². The smallest absolute Gasteiger partial charge is 0.0847 e. The Morgan fingerprint density at radius 1 is 1.38 bits per heavy atom. The highest BCUT2D eigenvalue weighted by atomic mass is 35.5. The molecule has 1 aliphatic rings. The molecule has 2 aromatic heterocycles. The zero-order valence-electron chi connectivity index (χ0n) is 12.7. The van der Waals surface area contributed by atoms with Crippen molar-refractivity contribution in [3.8, 4) is 0 Å². The molecule has 0 radical (unpaired) electrons. The first kappa shape index (κ1) is 15.1. The van der Waals surface area contributed by atoms with Crippen molar-refractivity contribution in [1.29, 1.82) is 0 Å². The Balaban J connectivity index is 1.81. The summed E-state index contributed by atoms with van der Waals surface area (Å²) in [6.07, 6.45) is 7.16. The first-order valence-corrected chi connectivity index (χ1v) is 8.80. The minimum absolute atomic E-state index is 0.00854. The monoisotopic (exact) mass is 323 g/mol. The van der Waals surface area contributed by atoms with Gasteiger partial charge in [-0.2, -0.15) is 5.10 Å². The van der Waals surface area contributed by atoms with Crippen LogP contribution in [0, 0.1) is 6.92 Å². The van der Waals surface area contributed by atoms with Gasteiger partial charge in [0.15, 0.2) is 0 Å². The number of aryl methyl sites for hydroxylation is 4. The van der Waals surface area contributed by atoms with Gasteiger partial charge in [0.2, 0.25) is 0 Å². The number of hydrogen-bond donors (Lipinski definition) is 1. The van der Waals surface area contributed by atoms with Gasteiger partial charge in [-0.25, -0.2) is 0 Å². The summed E-state index contributed by atoms with van der Waals surface area (Å²) < 4.78 is 1.86. The summed E-state index contributed by atoms with van der Waals surface area (Å²) in [6.45, 7) is 1.94. The van der Waals surface area contributed by atoms with Gasteiger partial charge in [0.25, 0.3) is 0 Å². The number of thiophene rings is 1. The van der Waals surface area contributed by atoms with Gasteiger partial charge in [0.05, 0.1) is 16.4 Å². The molecule has 0 amide bonds. The third-order valence-corrected chi connectivity index (χ3v) is 6.17. The van der Waals surface area contributed by atoms with Gasteiger partial charge in [-0.15, -0.1) is 11.3 Å². The van der Waals surface area contributed by atoms with Crippen LogP contribution in [0.2, 0.25) is 5.02 Å². The topological polar surface area (TPSA) is 43.8 Å². The summed E-state index contributed by atoms with van der Waals surface area (Å²) in [6, 6.07) is 2.34. The first-order chi connectivity index (χ1) is 10.1. The first-order valence-electron chi connectivity index (χ1n) is 7.61. The average molecular weight is 324 g/mol. The van der Waals surface area contributed by atoms with Crippen LogP contribution < -0.4 is 5.73 Å². The Hall–Kier alpha value is -0.840. The van der Waals surface area contributed by atoms with E-state index in [1.807, 2.05) is 30.0 Å². The van der Waals surface area contributed by atoms with E-state index >= 15 is 0 Å². The van der Waals surface area contributed by atoms with Crippen molar-refractivity contribution in [2.75, 3.05) is 0 Å². The van der Waals surface area contributed by atoms with Crippen LogP contribution in [0.5, 0.6) is 0 Å². The highest BCUT2D eigenvalue weighted by Gasteiger charge is 2.19. The maximum absolute atomic E-state index is 6.44. The molecule has 2 aromatic rings. The second-order valence-corrected chi connectivity index (χ2v) is 7.48. The lowest BCUT2D eigenvalue weighted by Crippen LogP contribution is -2.14. The summed E-state index contributed by atoms with van der Waals surface area (Å²) in [5.41, 5.74) is 9.87. The van der Waals surface area contributed by atoms with Crippen molar-refractivity contribution in [3.05, 3.63) is 37.8 Å². The predicted octanol–water partition coefficient (Wildman–Crippen LogP) is 3.95. The molecule has 0 aromatic carbocycles. The highest BCUT2D eigenvalue weighted by molar-refractivity contribution is 7.12. The second-order valence-electron chi connectivity index (χ2n) is 5.94. The number of hydrogen-bond acceptors (Lipinski definition) is 3. The molecule has 1 atom stereocenters. The lowest BCUT2D eigenvalue weighted by molar-refractivity contribution is 0.645. The molecule has 3 nitrogen and oxygen atoms in total. The number of nitrogens with two attached hydrogens (primary N) is 1. The van der Waals surface area contributed by atoms with Crippen LogP contribution in [0.25, 0.3) is 0 Å². The van der Waals surface area contributed by atoms with Crippen LogP contribution in [0.15, 0.2) is 6.07 Å². The number of nitrogens with zero attached hydrogens (tertiary/aromatic N) is 2. The molecule has 0 saturated carbocycles. The van der Waals surface area contributed by atoms with Gasteiger partial charge in [-0.05, 0) is 44.2 Å². The normalized spacial score (nSPS) is 16.6. The molecule has 1 unspecified atom stereocenters. The Labute approximate surface area is 135 Å². The number of fused-ring (bicyclic) bond motifs is 1. The molecule has 0 spiro atoms. The van der Waals surface area contributed by atoms with Gasteiger partial charge in [-0.3, -0.25) is 4.68 Å². The minimum Gasteiger partial charge on any atom is -0.323 e. The van der Waals surface area contributed by atoms with E-state index in [4.69, 9.17) is 17.3 Å². The molecule has 21 heavy (non-hydrogen) atoms. The second kappa shape index (κ2) is 6.11. The van der Waals surface area contributed by atoms with Crippen molar-refractivity contribution < 1.29 is 0 Å². The van der Waals surface area contributed by atoms with E-state index in [2.05, 4.69) is 11.2 Å². The summed E-state index contributed by atoms with van der Waals surface area (Å²) in [5, 5.41) is 5.12. The summed E-state index contributed by atoms with van der Waals surface area (Å²) in [4.78, 5) is 2.84. The maximum atomic E-state index is 6.44. The highest BCUT2D eigenvalue weighted by Crippen LogP contribution is 2.33. The van der Waals surface area contributed by atoms with Crippen molar-refractivity contribution in [2.45, 2.75) is 51.5 Å². The molecule has 3 rings (SSSR count). The molecule has 2 heterocycles. The molecule has 0 saturated heterocycles. The number of rotatable bonds is 3. The van der Waals surface area contributed by atoms with Crippen molar-refractivity contribution in [1.82, 2.24) is 9.78 Å². The SMILES string of the molecule is Cc1nn(C)c(CC(N)c2cc3c(s2)CCCCC3)c1Cl. The molecule has 0 bridgehead atoms. The molecular weight excluding hydrogens is 302 g/mol. The van der Waals surface area contributed by atoms with E-state index < -0.39 is 0 Å². The van der Waals surface area contributed by atoms with Gasteiger partial charge in [0.1, 0.15) is 0 Å². The van der Waals surface area contributed by atoms with E-state index in [-0.39, 0.29) is 6.04 Å². The molecule has 114 valence electrons. The van der Waals surface area contributed by atoms with Gasteiger partial charge >= 0.3 is 0 Å². The minimum atomic E-state index is 0.00854. The Kier molecular flexibility index (Phi) is 4.38. The Morgan fingerprint density at radius 3 is 2.86 bits per heavy atom. The predicted molar refractivity (Wildman–Crippen MR) is 89.2 cm³/mol. The number of aromatic nitrogens is 2. The van der Waals surface area contributed by atoms with Crippen LogP contribution in [-0.4, -0.2) is 9.78 Å². The third kappa shape index (κ3) is 3.03. The lowest BCUT2D eigenvalue weighted by atomic mass is 10.1. The Morgan fingerprint density at radius 2 is 2.14 bits per heavy atom. The summed E-state index contributed by atoms with van der Waals surface area (Å²) >= 11 is 8.23. The van der Waals surface area contributed by atoms with E-state index in [0.717, 1.165) is 22.8 Å². The third-order valence-electron chi connectivity index (χ3n) is 4.31. The van der Waals surface area contributed by atoms with Crippen molar-refractivity contribution in [3.63, 3.8) is 0 Å². The van der Waals surface area contributed by atoms with E-state index in [1.54, 1.807) is 4.88 Å². The molecule has 1 aliphatic carbocycles. The van der Waals surface area contributed by atoms with Crippen LogP contribution in [0.4, 0.5) is 0 Å². The van der Waals surface area contributed by atoms with Crippen LogP contribution >= 0.6 is 22.9 Å². The van der Waals surface area contributed by atoms with Crippen LogP contribution in [0.1, 0.15) is 52.0 Å². The summed E-state index contributed by atoms with van der Waals surface area (Å²) in [5.74, 6) is 0. The molecule has 5 heteroatoms. The molecule has 0 aliphatic heterocycles. The quantitative estimate of drug-likeness (QED) is 0.869. The lowest BCUT2D eigenvalue weighted by Gasteiger charge is -2.10. The maximum Gasteiger partial charge on any atom is 0.0847 e. The fraction of sp³-hybridized carbons (Fsp3) is 0.562. The summed E-state index contributed by atoms with van der Waals surface area (Å²) in [7, 11) is 1.94. The van der Waals surface area contributed by atoms with E-state index in [1.165, 1.54) is 42.5 Å². The molecule has 0 fully saturated rings. The molecular formula is C16H22ClN3S.